The van der Waals surface area contributed by atoms with Crippen molar-refractivity contribution in [3.8, 4) is 0 Å². The van der Waals surface area contributed by atoms with Crippen LogP contribution in [0.25, 0.3) is 0 Å². The summed E-state index contributed by atoms with van der Waals surface area (Å²) < 4.78 is 0. The fourth-order valence-corrected chi connectivity index (χ4v) is 1.54. The van der Waals surface area contributed by atoms with Crippen LogP contribution in [-0.2, 0) is 0 Å². The van der Waals surface area contributed by atoms with Crippen molar-refractivity contribution >= 4 is 17.7 Å². The third-order valence-corrected chi connectivity index (χ3v) is 2.54. The van der Waals surface area contributed by atoms with E-state index in [0.717, 1.165) is 12.2 Å². The number of carbonyl (C=O) groups is 1. The maximum Gasteiger partial charge on any atom is 0.251 e. The van der Waals surface area contributed by atoms with Crippen molar-refractivity contribution in [2.24, 2.45) is 0 Å². The van der Waals surface area contributed by atoms with Gasteiger partial charge >= 0.3 is 0 Å². The Bertz CT molecular complexity index is 376. The van der Waals surface area contributed by atoms with Crippen LogP contribution in [0.4, 0.5) is 0 Å². The Morgan fingerprint density at radius 1 is 1.60 bits per heavy atom. The average molecular weight is 226 g/mol. The predicted octanol–water partition coefficient (Wildman–Crippen LogP) is 0.858. The Hall–Kier alpha value is -1.23. The lowest BCUT2D eigenvalue weighted by molar-refractivity contribution is 0.0953. The number of hydrogen-bond donors (Lipinski definition) is 2. The second-order valence-corrected chi connectivity index (χ2v) is 4.03. The molecule has 4 nitrogen and oxygen atoms in total. The van der Waals surface area contributed by atoms with E-state index in [-0.39, 0.29) is 11.5 Å². The Kier molecular flexibility index (Phi) is 4.97. The van der Waals surface area contributed by atoms with Crippen molar-refractivity contribution in [3.05, 3.63) is 34.2 Å². The maximum absolute atomic E-state index is 11.5. The van der Waals surface area contributed by atoms with Crippen molar-refractivity contribution in [2.75, 3.05) is 18.6 Å². The Morgan fingerprint density at radius 2 is 2.40 bits per heavy atom. The first kappa shape index (κ1) is 11.8. The molecule has 15 heavy (non-hydrogen) atoms. The van der Waals surface area contributed by atoms with Gasteiger partial charge in [0.25, 0.3) is 5.91 Å². The van der Waals surface area contributed by atoms with Gasteiger partial charge in [0.15, 0.2) is 0 Å². The zero-order valence-corrected chi connectivity index (χ0v) is 9.39. The van der Waals surface area contributed by atoms with Crippen LogP contribution in [0.1, 0.15) is 16.8 Å². The molecule has 0 aliphatic rings. The van der Waals surface area contributed by atoms with Crippen LogP contribution in [0.3, 0.4) is 0 Å². The van der Waals surface area contributed by atoms with Crippen molar-refractivity contribution in [1.82, 2.24) is 10.3 Å². The standard InChI is InChI=1S/C10H14N2O2S/c1-15-6-2-4-12-10(14)8-3-5-11-9(13)7-8/h3,5,7H,2,4,6H2,1H3,(H,11,13)(H,12,14). The molecule has 0 aliphatic carbocycles. The van der Waals surface area contributed by atoms with Crippen molar-refractivity contribution in [3.63, 3.8) is 0 Å². The summed E-state index contributed by atoms with van der Waals surface area (Å²) >= 11 is 1.75. The van der Waals surface area contributed by atoms with Crippen LogP contribution in [0.2, 0.25) is 0 Å². The van der Waals surface area contributed by atoms with Crippen LogP contribution >= 0.6 is 11.8 Å². The fourth-order valence-electron chi connectivity index (χ4n) is 1.11. The highest BCUT2D eigenvalue weighted by molar-refractivity contribution is 7.98. The van der Waals surface area contributed by atoms with Crippen LogP contribution in [0, 0.1) is 0 Å². The number of amides is 1. The zero-order chi connectivity index (χ0) is 11.1. The molecule has 0 fully saturated rings. The van der Waals surface area contributed by atoms with Gasteiger partial charge in [-0.1, -0.05) is 0 Å². The van der Waals surface area contributed by atoms with E-state index in [9.17, 15) is 9.59 Å². The van der Waals surface area contributed by atoms with E-state index in [1.807, 2.05) is 6.26 Å². The largest absolute Gasteiger partial charge is 0.352 e. The van der Waals surface area contributed by atoms with Gasteiger partial charge in [0.1, 0.15) is 0 Å². The Morgan fingerprint density at radius 3 is 3.07 bits per heavy atom. The molecule has 0 bridgehead atoms. The zero-order valence-electron chi connectivity index (χ0n) is 8.58. The lowest BCUT2D eigenvalue weighted by Gasteiger charge is -2.03. The van der Waals surface area contributed by atoms with Crippen LogP contribution in [0.5, 0.6) is 0 Å². The molecule has 0 aliphatic heterocycles. The highest BCUT2D eigenvalue weighted by Gasteiger charge is 2.03. The number of nitrogens with one attached hydrogen (secondary N) is 2. The first-order valence-electron chi connectivity index (χ1n) is 4.70. The molecule has 1 heterocycles. The second kappa shape index (κ2) is 6.29. The van der Waals surface area contributed by atoms with Gasteiger partial charge in [-0.15, -0.1) is 0 Å². The first-order chi connectivity index (χ1) is 7.24. The van der Waals surface area contributed by atoms with E-state index >= 15 is 0 Å². The Balaban J connectivity index is 2.44. The third-order valence-electron chi connectivity index (χ3n) is 1.85. The molecule has 2 N–H and O–H groups in total. The molecule has 0 unspecified atom stereocenters. The summed E-state index contributed by atoms with van der Waals surface area (Å²) in [5, 5.41) is 2.76. The molecule has 1 aromatic heterocycles. The van der Waals surface area contributed by atoms with E-state index in [4.69, 9.17) is 0 Å². The molecule has 0 atom stereocenters. The smallest absolute Gasteiger partial charge is 0.251 e. The summed E-state index contributed by atoms with van der Waals surface area (Å²) in [6.07, 6.45) is 4.44. The highest BCUT2D eigenvalue weighted by atomic mass is 32.2. The fraction of sp³-hybridized carbons (Fsp3) is 0.400. The number of pyridine rings is 1. The molecule has 0 aromatic carbocycles. The number of aromatic amines is 1. The van der Waals surface area contributed by atoms with Crippen LogP contribution in [0.15, 0.2) is 23.1 Å². The topological polar surface area (TPSA) is 62.0 Å². The number of aromatic nitrogens is 1. The Labute approximate surface area is 92.5 Å². The normalized spacial score (nSPS) is 9.93. The van der Waals surface area contributed by atoms with Gasteiger partial charge in [0, 0.05) is 24.4 Å². The summed E-state index contributed by atoms with van der Waals surface area (Å²) in [7, 11) is 0. The van der Waals surface area contributed by atoms with E-state index in [0.29, 0.717) is 12.1 Å². The molecule has 1 rings (SSSR count). The van der Waals surface area contributed by atoms with E-state index in [2.05, 4.69) is 10.3 Å². The summed E-state index contributed by atoms with van der Waals surface area (Å²) in [6, 6.07) is 2.88. The first-order valence-corrected chi connectivity index (χ1v) is 6.09. The minimum Gasteiger partial charge on any atom is -0.352 e. The summed E-state index contributed by atoms with van der Waals surface area (Å²) in [4.78, 5) is 24.9. The highest BCUT2D eigenvalue weighted by Crippen LogP contribution is 1.95. The van der Waals surface area contributed by atoms with E-state index < -0.39 is 0 Å². The van der Waals surface area contributed by atoms with Gasteiger partial charge in [-0.2, -0.15) is 11.8 Å². The molecule has 0 saturated heterocycles. The number of carbonyl (C=O) groups excluding carboxylic acids is 1. The lowest BCUT2D eigenvalue weighted by atomic mass is 10.2. The van der Waals surface area contributed by atoms with Gasteiger partial charge in [0.05, 0.1) is 0 Å². The van der Waals surface area contributed by atoms with Gasteiger partial charge < -0.3 is 10.3 Å². The summed E-state index contributed by atoms with van der Waals surface area (Å²) in [5.41, 5.74) is 0.148. The molecule has 0 spiro atoms. The van der Waals surface area contributed by atoms with Gasteiger partial charge in [-0.3, -0.25) is 9.59 Å². The van der Waals surface area contributed by atoms with Crippen molar-refractivity contribution in [2.45, 2.75) is 6.42 Å². The number of hydrogen-bond acceptors (Lipinski definition) is 3. The number of thioether (sulfide) groups is 1. The summed E-state index contributed by atoms with van der Waals surface area (Å²) in [6.45, 7) is 0.645. The maximum atomic E-state index is 11.5. The van der Waals surface area contributed by atoms with Crippen LogP contribution in [-0.4, -0.2) is 29.4 Å². The van der Waals surface area contributed by atoms with Crippen molar-refractivity contribution in [1.29, 1.82) is 0 Å². The van der Waals surface area contributed by atoms with E-state index in [1.165, 1.54) is 12.3 Å². The molecule has 0 radical (unpaired) electrons. The third kappa shape index (κ3) is 4.20. The molecule has 5 heteroatoms. The quantitative estimate of drug-likeness (QED) is 0.732. The lowest BCUT2D eigenvalue weighted by Crippen LogP contribution is -2.25. The molecular weight excluding hydrogens is 212 g/mol. The molecular formula is C10H14N2O2S. The minimum atomic E-state index is -0.258. The van der Waals surface area contributed by atoms with Gasteiger partial charge in [-0.05, 0) is 24.5 Å². The monoisotopic (exact) mass is 226 g/mol. The van der Waals surface area contributed by atoms with Crippen molar-refractivity contribution < 1.29 is 4.79 Å². The molecule has 82 valence electrons. The SMILES string of the molecule is CSCCCNC(=O)c1cc[nH]c(=O)c1. The molecule has 0 saturated carbocycles. The van der Waals surface area contributed by atoms with Crippen LogP contribution < -0.4 is 10.9 Å². The second-order valence-electron chi connectivity index (χ2n) is 3.04. The number of rotatable bonds is 5. The molecule has 1 amide bonds. The predicted molar refractivity (Wildman–Crippen MR) is 62.4 cm³/mol. The summed E-state index contributed by atoms with van der Waals surface area (Å²) in [5.74, 6) is 0.831. The average Bonchev–Trinajstić information content (AvgIpc) is 2.24. The van der Waals surface area contributed by atoms with E-state index in [1.54, 1.807) is 17.8 Å². The van der Waals surface area contributed by atoms with Gasteiger partial charge in [0.2, 0.25) is 5.56 Å². The molecule has 1 aromatic rings. The minimum absolute atomic E-state index is 0.192. The number of H-pyrrole nitrogens is 1. The van der Waals surface area contributed by atoms with Gasteiger partial charge in [-0.25, -0.2) is 0 Å².